The molecular weight excluding hydrogens is 412 g/mol. The minimum absolute atomic E-state index is 0.300. The predicted octanol–water partition coefficient (Wildman–Crippen LogP) is 0.265. The van der Waals surface area contributed by atoms with Gasteiger partial charge in [-0.15, -0.1) is 0 Å². The molecule has 1 fully saturated rings. The minimum atomic E-state index is -1.39. The molecule has 1 aromatic rings. The molecule has 2 rings (SSSR count). The molecule has 1 saturated heterocycles. The average molecular weight is 438 g/mol. The number of nitrogens with one attached hydrogen (secondary N) is 1. The Kier molecular flexibility index (Phi) is 7.92. The Balaban J connectivity index is 2.24. The van der Waals surface area contributed by atoms with Crippen molar-refractivity contribution in [3.8, 4) is 5.75 Å². The highest BCUT2D eigenvalue weighted by atomic mass is 16.6. The first-order valence-corrected chi connectivity index (χ1v) is 9.62. The van der Waals surface area contributed by atoms with Crippen LogP contribution in [-0.2, 0) is 33.3 Å². The van der Waals surface area contributed by atoms with Crippen LogP contribution in [0.1, 0.15) is 36.8 Å². The molecule has 0 unspecified atom stereocenters. The normalized spacial score (nSPS) is 24.3. The summed E-state index contributed by atoms with van der Waals surface area (Å²) in [6.45, 7) is 5.65. The molecule has 0 radical (unpaired) electrons. The van der Waals surface area contributed by atoms with Gasteiger partial charge in [-0.25, -0.2) is 14.6 Å². The van der Waals surface area contributed by atoms with E-state index in [1.165, 1.54) is 26.3 Å². The first-order chi connectivity index (χ1) is 14.6. The first-order valence-electron chi connectivity index (χ1n) is 9.62. The summed E-state index contributed by atoms with van der Waals surface area (Å²) in [7, 11) is 1.22. The van der Waals surface area contributed by atoms with Crippen LogP contribution < -0.4 is 5.32 Å². The number of aryl methyl sites for hydroxylation is 1. The second kappa shape index (κ2) is 10.2. The van der Waals surface area contributed by atoms with Crippen LogP contribution in [0.5, 0.6) is 5.75 Å². The second-order valence-electron chi connectivity index (χ2n) is 7.34. The maximum absolute atomic E-state index is 12.6. The van der Waals surface area contributed by atoms with Gasteiger partial charge < -0.3 is 29.4 Å². The van der Waals surface area contributed by atoms with Crippen molar-refractivity contribution in [2.45, 2.75) is 52.0 Å². The number of aromatic nitrogens is 1. The number of hydrogen-bond donors (Lipinski definition) is 2. The van der Waals surface area contributed by atoms with Crippen molar-refractivity contribution in [3.63, 3.8) is 0 Å². The molecule has 1 aliphatic heterocycles. The fourth-order valence-electron chi connectivity index (χ4n) is 2.73. The SMILES string of the molecule is CO[C@H]1C(=O)OC[C@H](NC(=O)c2nccc(C)c2O)C(=O)O[C@@H](C)[C@@H]1OC(=O)C(C)C. The zero-order valence-corrected chi connectivity index (χ0v) is 17.9. The summed E-state index contributed by atoms with van der Waals surface area (Å²) in [5.41, 5.74) is 0.112. The number of cyclic esters (lactones) is 2. The van der Waals surface area contributed by atoms with Crippen molar-refractivity contribution >= 4 is 23.8 Å². The highest BCUT2D eigenvalue weighted by Crippen LogP contribution is 2.20. The monoisotopic (exact) mass is 438 g/mol. The van der Waals surface area contributed by atoms with Crippen molar-refractivity contribution in [1.29, 1.82) is 0 Å². The number of aromatic hydroxyl groups is 1. The van der Waals surface area contributed by atoms with Gasteiger partial charge in [0.15, 0.2) is 23.9 Å². The molecule has 11 heteroatoms. The quantitative estimate of drug-likeness (QED) is 0.484. The zero-order valence-electron chi connectivity index (χ0n) is 17.9. The van der Waals surface area contributed by atoms with E-state index in [-0.39, 0.29) is 11.4 Å². The molecule has 0 spiro atoms. The van der Waals surface area contributed by atoms with Crippen molar-refractivity contribution in [3.05, 3.63) is 23.5 Å². The molecule has 1 aromatic heterocycles. The molecule has 1 amide bonds. The summed E-state index contributed by atoms with van der Waals surface area (Å²) in [5.74, 6) is -4.15. The molecule has 31 heavy (non-hydrogen) atoms. The summed E-state index contributed by atoms with van der Waals surface area (Å²) in [4.78, 5) is 53.5. The number of rotatable bonds is 5. The fourth-order valence-corrected chi connectivity index (χ4v) is 2.73. The van der Waals surface area contributed by atoms with E-state index >= 15 is 0 Å². The van der Waals surface area contributed by atoms with Crippen molar-refractivity contribution in [2.75, 3.05) is 13.7 Å². The molecule has 2 N–H and O–H groups in total. The molecule has 0 aromatic carbocycles. The van der Waals surface area contributed by atoms with Crippen LogP contribution in [0, 0.1) is 12.8 Å². The number of methoxy groups -OCH3 is 1. The fraction of sp³-hybridized carbons (Fsp3) is 0.550. The highest BCUT2D eigenvalue weighted by Gasteiger charge is 2.42. The third-order valence-electron chi connectivity index (χ3n) is 4.60. The maximum atomic E-state index is 12.6. The Bertz CT molecular complexity index is 855. The topological polar surface area (TPSA) is 150 Å². The van der Waals surface area contributed by atoms with Crippen LogP contribution in [-0.4, -0.2) is 72.0 Å². The number of amides is 1. The standard InChI is InChI=1S/C20H26N2O9/c1-9(2)18(25)31-15-11(4)30-19(26)12(8-29-20(27)16(15)28-5)22-17(24)13-14(23)10(3)6-7-21-13/h6-7,9,11-12,15-16,23H,8H2,1-5H3,(H,22,24)/t11-,12-,15-,16+/m0/s1. The highest BCUT2D eigenvalue weighted by molar-refractivity contribution is 5.97. The van der Waals surface area contributed by atoms with Crippen LogP contribution in [0.4, 0.5) is 0 Å². The van der Waals surface area contributed by atoms with E-state index in [0.717, 1.165) is 0 Å². The summed E-state index contributed by atoms with van der Waals surface area (Å²) in [5, 5.41) is 12.4. The Morgan fingerprint density at radius 1 is 1.29 bits per heavy atom. The van der Waals surface area contributed by atoms with Crippen molar-refractivity contribution in [1.82, 2.24) is 10.3 Å². The van der Waals surface area contributed by atoms with E-state index in [1.54, 1.807) is 20.8 Å². The number of esters is 3. The van der Waals surface area contributed by atoms with Crippen LogP contribution in [0.25, 0.3) is 0 Å². The van der Waals surface area contributed by atoms with E-state index in [0.29, 0.717) is 5.56 Å². The molecule has 170 valence electrons. The van der Waals surface area contributed by atoms with Gasteiger partial charge in [-0.3, -0.25) is 9.59 Å². The predicted molar refractivity (Wildman–Crippen MR) is 104 cm³/mol. The van der Waals surface area contributed by atoms with Gasteiger partial charge in [0.05, 0.1) is 5.92 Å². The number of carbonyl (C=O) groups is 4. The van der Waals surface area contributed by atoms with Gasteiger partial charge in [0.2, 0.25) is 0 Å². The van der Waals surface area contributed by atoms with Crippen LogP contribution in [0.2, 0.25) is 0 Å². The number of pyridine rings is 1. The molecule has 0 bridgehead atoms. The minimum Gasteiger partial charge on any atom is -0.505 e. The Labute approximate surface area is 179 Å². The van der Waals surface area contributed by atoms with E-state index in [4.69, 9.17) is 18.9 Å². The average Bonchev–Trinajstić information content (AvgIpc) is 2.74. The van der Waals surface area contributed by atoms with Gasteiger partial charge in [-0.2, -0.15) is 0 Å². The van der Waals surface area contributed by atoms with Crippen LogP contribution >= 0.6 is 0 Å². The third kappa shape index (κ3) is 5.69. The number of carbonyl (C=O) groups excluding carboxylic acids is 4. The Morgan fingerprint density at radius 2 is 1.97 bits per heavy atom. The number of hydrogen-bond acceptors (Lipinski definition) is 10. The first kappa shape index (κ1) is 24.1. The van der Waals surface area contributed by atoms with Gasteiger partial charge in [0, 0.05) is 13.3 Å². The van der Waals surface area contributed by atoms with Gasteiger partial charge >= 0.3 is 17.9 Å². The van der Waals surface area contributed by atoms with Gasteiger partial charge in [-0.1, -0.05) is 13.8 Å². The maximum Gasteiger partial charge on any atom is 0.339 e. The molecule has 11 nitrogen and oxygen atoms in total. The van der Waals surface area contributed by atoms with Crippen LogP contribution in [0.3, 0.4) is 0 Å². The lowest BCUT2D eigenvalue weighted by Gasteiger charge is -2.28. The van der Waals surface area contributed by atoms with E-state index < -0.39 is 60.7 Å². The molecule has 1 aliphatic rings. The lowest BCUT2D eigenvalue weighted by Crippen LogP contribution is -2.48. The second-order valence-corrected chi connectivity index (χ2v) is 7.34. The van der Waals surface area contributed by atoms with E-state index in [2.05, 4.69) is 10.3 Å². The summed E-state index contributed by atoms with van der Waals surface area (Å²) >= 11 is 0. The van der Waals surface area contributed by atoms with Crippen molar-refractivity contribution in [2.24, 2.45) is 5.92 Å². The van der Waals surface area contributed by atoms with Crippen LogP contribution in [0.15, 0.2) is 12.3 Å². The number of ether oxygens (including phenoxy) is 4. The van der Waals surface area contributed by atoms with Gasteiger partial charge in [0.25, 0.3) is 5.91 Å². The summed E-state index contributed by atoms with van der Waals surface area (Å²) < 4.78 is 20.9. The van der Waals surface area contributed by atoms with E-state index in [1.807, 2.05) is 0 Å². The Morgan fingerprint density at radius 3 is 2.58 bits per heavy atom. The summed E-state index contributed by atoms with van der Waals surface area (Å²) in [6.07, 6.45) is -2.36. The third-order valence-corrected chi connectivity index (χ3v) is 4.60. The molecular formula is C20H26N2O9. The smallest absolute Gasteiger partial charge is 0.339 e. The van der Waals surface area contributed by atoms with Crippen molar-refractivity contribution < 1.29 is 43.2 Å². The molecule has 2 heterocycles. The Hall–Kier alpha value is -3.21. The molecule has 0 saturated carbocycles. The lowest BCUT2D eigenvalue weighted by atomic mass is 10.1. The molecule has 4 atom stereocenters. The largest absolute Gasteiger partial charge is 0.505 e. The number of nitrogens with zero attached hydrogens (tertiary/aromatic N) is 1. The zero-order chi connectivity index (χ0) is 23.3. The lowest BCUT2D eigenvalue weighted by molar-refractivity contribution is -0.185. The van der Waals surface area contributed by atoms with Gasteiger partial charge in [-0.05, 0) is 25.5 Å². The summed E-state index contributed by atoms with van der Waals surface area (Å²) in [6, 6.07) is 0.116. The molecule has 0 aliphatic carbocycles. The van der Waals surface area contributed by atoms with E-state index in [9.17, 15) is 24.3 Å². The van der Waals surface area contributed by atoms with Gasteiger partial charge in [0.1, 0.15) is 18.5 Å².